The summed E-state index contributed by atoms with van der Waals surface area (Å²) in [5.41, 5.74) is 0.407. The number of rotatable bonds is 4. The molecule has 0 radical (unpaired) electrons. The van der Waals surface area contributed by atoms with Crippen LogP contribution >= 0.6 is 11.8 Å². The molecular formula is C10H9F3O2S. The highest BCUT2D eigenvalue weighted by Crippen LogP contribution is 2.29. The minimum Gasteiger partial charge on any atom is -0.481 e. The smallest absolute Gasteiger partial charge is 0.398 e. The van der Waals surface area contributed by atoms with Gasteiger partial charge in [-0.2, -0.15) is 13.2 Å². The van der Waals surface area contributed by atoms with Crippen LogP contribution < -0.4 is 0 Å². The van der Waals surface area contributed by atoms with Crippen LogP contribution in [-0.2, 0) is 11.2 Å². The van der Waals surface area contributed by atoms with Gasteiger partial charge in [-0.05, 0) is 11.6 Å². The fourth-order valence-electron chi connectivity index (χ4n) is 1.11. The molecule has 0 fully saturated rings. The number of alkyl halides is 3. The third-order valence-electron chi connectivity index (χ3n) is 1.71. The highest BCUT2D eigenvalue weighted by atomic mass is 32.2. The maximum Gasteiger partial charge on any atom is 0.398 e. The highest BCUT2D eigenvalue weighted by molar-refractivity contribution is 7.99. The van der Waals surface area contributed by atoms with Crippen molar-refractivity contribution >= 4 is 17.7 Å². The van der Waals surface area contributed by atoms with Crippen LogP contribution in [0.2, 0.25) is 0 Å². The van der Waals surface area contributed by atoms with Crippen LogP contribution in [0.3, 0.4) is 0 Å². The van der Waals surface area contributed by atoms with Crippen LogP contribution in [0.5, 0.6) is 0 Å². The van der Waals surface area contributed by atoms with Crippen molar-refractivity contribution in [2.24, 2.45) is 0 Å². The van der Waals surface area contributed by atoms with Gasteiger partial charge < -0.3 is 5.11 Å². The largest absolute Gasteiger partial charge is 0.481 e. The Bertz CT molecular complexity index is 377. The average Bonchev–Trinajstić information content (AvgIpc) is 2.14. The first kappa shape index (κ1) is 12.9. The fraction of sp³-hybridized carbons (Fsp3) is 0.300. The molecule has 1 aromatic carbocycles. The third-order valence-corrected chi connectivity index (χ3v) is 2.89. The Morgan fingerprint density at radius 3 is 2.50 bits per heavy atom. The van der Waals surface area contributed by atoms with Crippen LogP contribution in [-0.4, -0.2) is 23.0 Å². The molecule has 0 aliphatic carbocycles. The van der Waals surface area contributed by atoms with Crippen LogP contribution in [0.4, 0.5) is 13.2 Å². The molecule has 0 unspecified atom stereocenters. The second kappa shape index (κ2) is 5.25. The predicted octanol–water partition coefficient (Wildman–Crippen LogP) is 2.97. The Morgan fingerprint density at radius 2 is 1.94 bits per heavy atom. The summed E-state index contributed by atoms with van der Waals surface area (Å²) < 4.78 is 36.0. The Labute approximate surface area is 94.5 Å². The van der Waals surface area contributed by atoms with Crippen molar-refractivity contribution in [2.45, 2.75) is 17.5 Å². The summed E-state index contributed by atoms with van der Waals surface area (Å²) in [6.45, 7) is 0. The molecule has 0 aliphatic rings. The van der Waals surface area contributed by atoms with Crippen molar-refractivity contribution in [2.75, 3.05) is 5.75 Å². The molecule has 1 rings (SSSR count). The fourth-order valence-corrected chi connectivity index (χ4v) is 1.93. The Morgan fingerprint density at radius 1 is 1.31 bits per heavy atom. The SMILES string of the molecule is O=C(O)Cc1ccccc1SCC(F)(F)F. The van der Waals surface area contributed by atoms with E-state index in [1.807, 2.05) is 0 Å². The van der Waals surface area contributed by atoms with Crippen LogP contribution in [0.25, 0.3) is 0 Å². The number of hydrogen-bond donors (Lipinski definition) is 1. The summed E-state index contributed by atoms with van der Waals surface area (Å²) in [6, 6.07) is 6.21. The number of carbonyl (C=O) groups is 1. The number of carboxylic acid groups (broad SMARTS) is 1. The molecule has 88 valence electrons. The molecule has 0 heterocycles. The Hall–Kier alpha value is -1.17. The van der Waals surface area contributed by atoms with Crippen molar-refractivity contribution in [3.63, 3.8) is 0 Å². The quantitative estimate of drug-likeness (QED) is 0.835. The minimum absolute atomic E-state index is 0.263. The maximum atomic E-state index is 12.0. The normalized spacial score (nSPS) is 11.4. The highest BCUT2D eigenvalue weighted by Gasteiger charge is 2.27. The predicted molar refractivity (Wildman–Crippen MR) is 54.6 cm³/mol. The van der Waals surface area contributed by atoms with E-state index >= 15 is 0 Å². The zero-order valence-electron chi connectivity index (χ0n) is 8.12. The van der Waals surface area contributed by atoms with Crippen molar-refractivity contribution < 1.29 is 23.1 Å². The van der Waals surface area contributed by atoms with E-state index in [0.29, 0.717) is 22.2 Å². The summed E-state index contributed by atoms with van der Waals surface area (Å²) in [5, 5.41) is 8.59. The third kappa shape index (κ3) is 4.57. The molecular weight excluding hydrogens is 241 g/mol. The number of carboxylic acids is 1. The van der Waals surface area contributed by atoms with Gasteiger partial charge in [-0.25, -0.2) is 0 Å². The standard InChI is InChI=1S/C10H9F3O2S/c11-10(12,13)6-16-8-4-2-1-3-7(8)5-9(14)15/h1-4H,5-6H2,(H,14,15). The van der Waals surface area contributed by atoms with Crippen molar-refractivity contribution in [3.8, 4) is 0 Å². The molecule has 1 aromatic rings. The zero-order valence-corrected chi connectivity index (χ0v) is 8.94. The van der Waals surface area contributed by atoms with E-state index < -0.39 is 17.9 Å². The molecule has 0 aliphatic heterocycles. The van der Waals surface area contributed by atoms with E-state index in [9.17, 15) is 18.0 Å². The Balaban J connectivity index is 2.75. The van der Waals surface area contributed by atoms with Gasteiger partial charge in [-0.3, -0.25) is 4.79 Å². The lowest BCUT2D eigenvalue weighted by Crippen LogP contribution is -2.11. The Kier molecular flexibility index (Phi) is 4.23. The van der Waals surface area contributed by atoms with Crippen LogP contribution in [0, 0.1) is 0 Å². The van der Waals surface area contributed by atoms with E-state index in [1.165, 1.54) is 12.1 Å². The summed E-state index contributed by atoms with van der Waals surface area (Å²) >= 11 is 0.608. The molecule has 0 bridgehead atoms. The zero-order chi connectivity index (χ0) is 12.2. The minimum atomic E-state index is -4.25. The first-order valence-corrected chi connectivity index (χ1v) is 5.36. The number of hydrogen-bond acceptors (Lipinski definition) is 2. The van der Waals surface area contributed by atoms with Crippen molar-refractivity contribution in [3.05, 3.63) is 29.8 Å². The molecule has 0 saturated heterocycles. The van der Waals surface area contributed by atoms with Gasteiger partial charge in [-0.1, -0.05) is 18.2 Å². The molecule has 0 spiro atoms. The van der Waals surface area contributed by atoms with Crippen molar-refractivity contribution in [1.82, 2.24) is 0 Å². The van der Waals surface area contributed by atoms with Crippen LogP contribution in [0.1, 0.15) is 5.56 Å². The van der Waals surface area contributed by atoms with Gasteiger partial charge in [0.25, 0.3) is 0 Å². The monoisotopic (exact) mass is 250 g/mol. The van der Waals surface area contributed by atoms with Crippen molar-refractivity contribution in [1.29, 1.82) is 0 Å². The molecule has 2 nitrogen and oxygen atoms in total. The van der Waals surface area contributed by atoms with E-state index in [-0.39, 0.29) is 6.42 Å². The van der Waals surface area contributed by atoms with E-state index in [2.05, 4.69) is 0 Å². The van der Waals surface area contributed by atoms with Gasteiger partial charge in [0.1, 0.15) is 0 Å². The lowest BCUT2D eigenvalue weighted by Gasteiger charge is -2.09. The van der Waals surface area contributed by atoms with Gasteiger partial charge in [0.2, 0.25) is 0 Å². The van der Waals surface area contributed by atoms with E-state index in [1.54, 1.807) is 12.1 Å². The number of benzene rings is 1. The maximum absolute atomic E-state index is 12.0. The first-order valence-electron chi connectivity index (χ1n) is 4.38. The second-order valence-corrected chi connectivity index (χ2v) is 4.10. The van der Waals surface area contributed by atoms with Gasteiger partial charge in [-0.15, -0.1) is 11.8 Å². The van der Waals surface area contributed by atoms with Crippen LogP contribution in [0.15, 0.2) is 29.2 Å². The topological polar surface area (TPSA) is 37.3 Å². The lowest BCUT2D eigenvalue weighted by atomic mass is 10.1. The average molecular weight is 250 g/mol. The molecule has 1 N–H and O–H groups in total. The molecule has 0 amide bonds. The first-order chi connectivity index (χ1) is 7.38. The summed E-state index contributed by atoms with van der Waals surface area (Å²) in [7, 11) is 0. The molecule has 0 atom stereocenters. The number of halogens is 3. The van der Waals surface area contributed by atoms with Gasteiger partial charge >= 0.3 is 12.1 Å². The molecule has 0 saturated carbocycles. The van der Waals surface area contributed by atoms with E-state index in [0.717, 1.165) is 0 Å². The van der Waals surface area contributed by atoms with E-state index in [4.69, 9.17) is 5.11 Å². The molecule has 6 heteroatoms. The summed E-state index contributed by atoms with van der Waals surface area (Å²) in [5.74, 6) is -2.07. The van der Waals surface area contributed by atoms with Gasteiger partial charge in [0, 0.05) is 4.90 Å². The summed E-state index contributed by atoms with van der Waals surface area (Å²) in [4.78, 5) is 10.9. The van der Waals surface area contributed by atoms with Gasteiger partial charge in [0.15, 0.2) is 0 Å². The van der Waals surface area contributed by atoms with Gasteiger partial charge in [0.05, 0.1) is 12.2 Å². The second-order valence-electron chi connectivity index (χ2n) is 3.08. The number of thioether (sulfide) groups is 1. The lowest BCUT2D eigenvalue weighted by molar-refractivity contribution is -0.136. The number of aliphatic carboxylic acids is 1. The molecule has 0 aromatic heterocycles. The molecule has 16 heavy (non-hydrogen) atoms. The summed E-state index contributed by atoms with van der Waals surface area (Å²) in [6.07, 6.45) is -4.51.